The molecule has 2 aromatic rings. The Morgan fingerprint density at radius 2 is 1.80 bits per heavy atom. The molecule has 1 aromatic carbocycles. The van der Waals surface area contributed by atoms with Gasteiger partial charge >= 0.3 is 0 Å². The number of carbonyl (C=O) groups is 1. The normalized spacial score (nSPS) is 25.2. The van der Waals surface area contributed by atoms with Crippen molar-refractivity contribution in [1.29, 1.82) is 0 Å². The third-order valence-corrected chi connectivity index (χ3v) is 8.00. The Labute approximate surface area is 179 Å². The lowest BCUT2D eigenvalue weighted by Gasteiger charge is -2.43. The molecule has 3 aliphatic rings. The van der Waals surface area contributed by atoms with Crippen LogP contribution in [0.1, 0.15) is 56.8 Å². The molecule has 2 aliphatic heterocycles. The number of hydrogen-bond acceptors (Lipinski definition) is 4. The average molecular weight is 408 g/mol. The molecule has 0 bridgehead atoms. The van der Waals surface area contributed by atoms with Crippen molar-refractivity contribution in [3.63, 3.8) is 0 Å². The minimum absolute atomic E-state index is 0.106. The zero-order chi connectivity index (χ0) is 20.9. The van der Waals surface area contributed by atoms with Crippen LogP contribution in [0.3, 0.4) is 0 Å². The fourth-order valence-corrected chi connectivity index (χ4v) is 5.89. The maximum Gasteiger partial charge on any atom is 0.233 e. The predicted octanol–water partition coefficient (Wildman–Crippen LogP) is 2.96. The Balaban J connectivity index is 1.43. The smallest absolute Gasteiger partial charge is 0.233 e. The summed E-state index contributed by atoms with van der Waals surface area (Å²) in [5, 5.41) is 8.66. The first-order valence-corrected chi connectivity index (χ1v) is 11.4. The monoisotopic (exact) mass is 407 g/mol. The second-order valence-electron chi connectivity index (χ2n) is 9.98. The number of nitrogens with zero attached hydrogens (tertiary/aromatic N) is 5. The molecule has 2 saturated heterocycles. The van der Waals surface area contributed by atoms with Crippen LogP contribution >= 0.6 is 0 Å². The van der Waals surface area contributed by atoms with E-state index in [1.54, 1.807) is 6.33 Å². The molecule has 1 amide bonds. The van der Waals surface area contributed by atoms with Crippen LogP contribution in [-0.4, -0.2) is 62.7 Å². The van der Waals surface area contributed by atoms with Crippen molar-refractivity contribution >= 4 is 5.91 Å². The molecule has 1 unspecified atom stereocenters. The summed E-state index contributed by atoms with van der Waals surface area (Å²) in [7, 11) is 2.03. The van der Waals surface area contributed by atoms with E-state index >= 15 is 0 Å². The van der Waals surface area contributed by atoms with Gasteiger partial charge in [-0.1, -0.05) is 30.3 Å². The highest BCUT2D eigenvalue weighted by atomic mass is 16.2. The molecule has 0 radical (unpaired) electrons. The lowest BCUT2D eigenvalue weighted by atomic mass is 9.70. The van der Waals surface area contributed by atoms with E-state index in [1.165, 1.54) is 5.56 Å². The summed E-state index contributed by atoms with van der Waals surface area (Å²) < 4.78 is 2.05. The van der Waals surface area contributed by atoms with Gasteiger partial charge in [0.2, 0.25) is 5.91 Å². The van der Waals surface area contributed by atoms with E-state index in [1.807, 2.05) is 13.1 Å². The Bertz CT molecular complexity index is 909. The third kappa shape index (κ3) is 3.08. The predicted molar refractivity (Wildman–Crippen MR) is 116 cm³/mol. The Morgan fingerprint density at radius 3 is 2.37 bits per heavy atom. The Hall–Kier alpha value is -2.21. The fourth-order valence-electron chi connectivity index (χ4n) is 5.89. The molecule has 160 valence electrons. The van der Waals surface area contributed by atoms with Gasteiger partial charge in [0.05, 0.1) is 5.41 Å². The maximum atomic E-state index is 13.8. The highest BCUT2D eigenvalue weighted by Crippen LogP contribution is 2.54. The van der Waals surface area contributed by atoms with E-state index < -0.39 is 0 Å². The first-order valence-electron chi connectivity index (χ1n) is 11.4. The molecule has 5 rings (SSSR count). The summed E-state index contributed by atoms with van der Waals surface area (Å²) in [5.41, 5.74) is 0.991. The zero-order valence-electron chi connectivity index (χ0n) is 18.4. The summed E-state index contributed by atoms with van der Waals surface area (Å²) in [6.45, 7) is 8.36. The van der Waals surface area contributed by atoms with Crippen molar-refractivity contribution < 1.29 is 4.79 Å². The second-order valence-corrected chi connectivity index (χ2v) is 9.98. The van der Waals surface area contributed by atoms with Gasteiger partial charge in [-0.15, -0.1) is 10.2 Å². The average Bonchev–Trinajstić information content (AvgIpc) is 3.35. The number of hydrogen-bond donors (Lipinski definition) is 0. The van der Waals surface area contributed by atoms with Crippen molar-refractivity contribution in [2.45, 2.75) is 56.9 Å². The first kappa shape index (κ1) is 19.7. The van der Waals surface area contributed by atoms with Gasteiger partial charge in [0.1, 0.15) is 12.2 Å². The van der Waals surface area contributed by atoms with Crippen LogP contribution in [0, 0.1) is 5.41 Å². The van der Waals surface area contributed by atoms with Gasteiger partial charge in [0.15, 0.2) is 0 Å². The minimum atomic E-state index is -0.296. The van der Waals surface area contributed by atoms with Gasteiger partial charge in [0, 0.05) is 37.5 Å². The van der Waals surface area contributed by atoms with Gasteiger partial charge in [-0.2, -0.15) is 0 Å². The molecule has 1 atom stereocenters. The van der Waals surface area contributed by atoms with Crippen LogP contribution in [0.2, 0.25) is 0 Å². The number of piperidine rings is 1. The molecule has 1 aromatic heterocycles. The van der Waals surface area contributed by atoms with E-state index in [2.05, 4.69) is 62.7 Å². The SMILES string of the molecule is CC(C)N1CCC2(CC1)CN(C(=O)C1(c3ccccc3)CC1)CC2c1nncn1C. The standard InChI is InChI=1S/C24H33N5O/c1-18(2)28-13-11-23(12-14-28)16-29(15-20(23)21-26-25-17-27(21)3)22(30)24(9-10-24)19-7-5-4-6-8-19/h4-8,17-18,20H,9-16H2,1-3H3. The Kier molecular flexibility index (Phi) is 4.73. The summed E-state index contributed by atoms with van der Waals surface area (Å²) >= 11 is 0. The summed E-state index contributed by atoms with van der Waals surface area (Å²) in [5.74, 6) is 1.62. The second kappa shape index (κ2) is 7.19. The van der Waals surface area contributed by atoms with E-state index in [-0.39, 0.29) is 16.7 Å². The highest BCUT2D eigenvalue weighted by Gasteiger charge is 2.58. The van der Waals surface area contributed by atoms with Crippen LogP contribution in [0.15, 0.2) is 36.7 Å². The molecule has 30 heavy (non-hydrogen) atoms. The van der Waals surface area contributed by atoms with E-state index in [9.17, 15) is 4.79 Å². The maximum absolute atomic E-state index is 13.8. The summed E-state index contributed by atoms with van der Waals surface area (Å²) in [4.78, 5) is 18.5. The molecule has 1 spiro atoms. The molecule has 0 N–H and O–H groups in total. The Morgan fingerprint density at radius 1 is 1.10 bits per heavy atom. The topological polar surface area (TPSA) is 54.3 Å². The number of aromatic nitrogens is 3. The number of amides is 1. The molecule has 6 heteroatoms. The molecule has 1 saturated carbocycles. The summed E-state index contributed by atoms with van der Waals surface area (Å²) in [6, 6.07) is 11.0. The van der Waals surface area contributed by atoms with Crippen LogP contribution in [0.25, 0.3) is 0 Å². The van der Waals surface area contributed by atoms with Crippen LogP contribution in [-0.2, 0) is 17.3 Å². The number of carbonyl (C=O) groups excluding carboxylic acids is 1. The molecular weight excluding hydrogens is 374 g/mol. The molecule has 3 heterocycles. The minimum Gasteiger partial charge on any atom is -0.341 e. The van der Waals surface area contributed by atoms with E-state index in [4.69, 9.17) is 0 Å². The van der Waals surface area contributed by atoms with Crippen LogP contribution in [0.4, 0.5) is 0 Å². The third-order valence-electron chi connectivity index (χ3n) is 8.00. The first-order chi connectivity index (χ1) is 14.5. The van der Waals surface area contributed by atoms with E-state index in [0.29, 0.717) is 11.9 Å². The van der Waals surface area contributed by atoms with Crippen molar-refractivity contribution in [3.05, 3.63) is 48.0 Å². The fraction of sp³-hybridized carbons (Fsp3) is 0.625. The van der Waals surface area contributed by atoms with Gasteiger partial charge in [-0.05, 0) is 58.2 Å². The van der Waals surface area contributed by atoms with Gasteiger partial charge in [-0.25, -0.2) is 0 Å². The van der Waals surface area contributed by atoms with Gasteiger partial charge in [-0.3, -0.25) is 4.79 Å². The van der Waals surface area contributed by atoms with Crippen molar-refractivity contribution in [2.75, 3.05) is 26.2 Å². The molecule has 6 nitrogen and oxygen atoms in total. The van der Waals surface area contributed by atoms with Crippen molar-refractivity contribution in [1.82, 2.24) is 24.6 Å². The summed E-state index contributed by atoms with van der Waals surface area (Å²) in [6.07, 6.45) is 5.96. The van der Waals surface area contributed by atoms with E-state index in [0.717, 1.165) is 57.7 Å². The molecule has 3 fully saturated rings. The number of rotatable bonds is 4. The van der Waals surface area contributed by atoms with Crippen LogP contribution in [0.5, 0.6) is 0 Å². The quantitative estimate of drug-likeness (QED) is 0.782. The zero-order valence-corrected chi connectivity index (χ0v) is 18.4. The molecule has 1 aliphatic carbocycles. The van der Waals surface area contributed by atoms with Gasteiger partial charge < -0.3 is 14.4 Å². The van der Waals surface area contributed by atoms with Gasteiger partial charge in [0.25, 0.3) is 0 Å². The lowest BCUT2D eigenvalue weighted by molar-refractivity contribution is -0.133. The largest absolute Gasteiger partial charge is 0.341 e. The molecular formula is C24H33N5O. The number of benzene rings is 1. The number of likely N-dealkylation sites (tertiary alicyclic amines) is 2. The van der Waals surface area contributed by atoms with Crippen molar-refractivity contribution in [3.8, 4) is 0 Å². The lowest BCUT2D eigenvalue weighted by Crippen LogP contribution is -2.47. The number of aryl methyl sites for hydroxylation is 1. The highest BCUT2D eigenvalue weighted by molar-refractivity contribution is 5.91. The van der Waals surface area contributed by atoms with Crippen molar-refractivity contribution in [2.24, 2.45) is 12.5 Å². The van der Waals surface area contributed by atoms with Crippen LogP contribution < -0.4 is 0 Å².